The van der Waals surface area contributed by atoms with Crippen LogP contribution in [-0.4, -0.2) is 31.0 Å². The number of hydrogen-bond donors (Lipinski definition) is 3. The highest BCUT2D eigenvalue weighted by molar-refractivity contribution is 5.80. The summed E-state index contributed by atoms with van der Waals surface area (Å²) in [6.07, 6.45) is 4.72. The molecule has 3 aromatic rings. The largest absolute Gasteiger partial charge is 0.417 e. The number of aromatic nitrogens is 1. The Morgan fingerprint density at radius 2 is 2.00 bits per heavy atom. The van der Waals surface area contributed by atoms with Crippen LogP contribution in [0.15, 0.2) is 45.6 Å². The Labute approximate surface area is 186 Å². The predicted octanol–water partition coefficient (Wildman–Crippen LogP) is 3.89. The quantitative estimate of drug-likeness (QED) is 0.325. The molecule has 1 fully saturated rings. The van der Waals surface area contributed by atoms with E-state index in [1.165, 1.54) is 38.4 Å². The Hall–Kier alpha value is -3.44. The summed E-state index contributed by atoms with van der Waals surface area (Å²) in [5.74, 6) is 0.183. The fourth-order valence-corrected chi connectivity index (χ4v) is 3.18. The molecule has 170 valence electrons. The Bertz CT molecular complexity index is 1090. The number of nitrogens with zero attached hydrogens (tertiary/aromatic N) is 1. The van der Waals surface area contributed by atoms with Crippen LogP contribution in [0, 0.1) is 30.0 Å². The van der Waals surface area contributed by atoms with Gasteiger partial charge in [-0.15, -0.1) is 0 Å². The molecule has 1 aliphatic rings. The molecule has 1 atom stereocenters. The summed E-state index contributed by atoms with van der Waals surface area (Å²) >= 11 is 0. The van der Waals surface area contributed by atoms with Crippen molar-refractivity contribution in [1.29, 1.82) is 5.26 Å². The van der Waals surface area contributed by atoms with Crippen molar-refractivity contribution >= 4 is 17.5 Å². The SMILES string of the molecule is C[C@H]1CCCCNC1.Cc1ccc(-c2ccc3oc(=O)[nH]c3c2)cc1F.N#CCNC=O. The molecule has 2 heterocycles. The highest BCUT2D eigenvalue weighted by Gasteiger charge is 2.06. The highest BCUT2D eigenvalue weighted by atomic mass is 19.1. The van der Waals surface area contributed by atoms with E-state index >= 15 is 0 Å². The van der Waals surface area contributed by atoms with Crippen LogP contribution >= 0.6 is 0 Å². The minimum absolute atomic E-state index is 0.101. The zero-order valence-electron chi connectivity index (χ0n) is 18.4. The maximum Gasteiger partial charge on any atom is 0.417 e. The van der Waals surface area contributed by atoms with E-state index in [2.05, 4.69) is 22.5 Å². The molecule has 2 aromatic carbocycles. The lowest BCUT2D eigenvalue weighted by molar-refractivity contribution is -0.109. The second kappa shape index (κ2) is 13.1. The van der Waals surface area contributed by atoms with Crippen molar-refractivity contribution < 1.29 is 13.6 Å². The number of aryl methyl sites for hydroxylation is 1. The third-order valence-corrected chi connectivity index (χ3v) is 4.98. The number of nitriles is 1. The number of nitrogens with one attached hydrogen (secondary N) is 3. The lowest BCUT2D eigenvalue weighted by atomic mass is 10.0. The number of rotatable bonds is 3. The lowest BCUT2D eigenvalue weighted by Crippen LogP contribution is -2.18. The van der Waals surface area contributed by atoms with Gasteiger partial charge < -0.3 is 15.1 Å². The van der Waals surface area contributed by atoms with E-state index in [1.807, 2.05) is 6.07 Å². The van der Waals surface area contributed by atoms with Gasteiger partial charge in [-0.05, 0) is 73.7 Å². The standard InChI is InChI=1S/C14H10FNO2.C7H15N.C3H4N2O/c1-8-2-3-9(6-11(8)15)10-4-5-13-12(7-10)16-14(17)18-13;1-7-4-2-3-5-8-6-7;4-1-2-5-3-6/h2-7H,1H3,(H,16,17);7-8H,2-6H2,1H3;3H,2H2,(H,5,6)/t;7-;/m.0./s1. The summed E-state index contributed by atoms with van der Waals surface area (Å²) in [5, 5.41) is 13.3. The van der Waals surface area contributed by atoms with Crippen LogP contribution in [0.3, 0.4) is 0 Å². The summed E-state index contributed by atoms with van der Waals surface area (Å²) in [5.41, 5.74) is 3.31. The number of hydrogen-bond acceptors (Lipinski definition) is 5. The monoisotopic (exact) mass is 440 g/mol. The zero-order valence-corrected chi connectivity index (χ0v) is 18.4. The fraction of sp³-hybridized carbons (Fsp3) is 0.375. The Morgan fingerprint density at radius 3 is 2.69 bits per heavy atom. The van der Waals surface area contributed by atoms with Crippen LogP contribution in [0.25, 0.3) is 22.2 Å². The average molecular weight is 441 g/mol. The third-order valence-electron chi connectivity index (χ3n) is 4.98. The topological polar surface area (TPSA) is 111 Å². The second-order valence-electron chi connectivity index (χ2n) is 7.65. The van der Waals surface area contributed by atoms with Crippen molar-refractivity contribution in [3.8, 4) is 17.2 Å². The number of fused-ring (bicyclic) bond motifs is 1. The van der Waals surface area contributed by atoms with Gasteiger partial charge in [0.25, 0.3) is 0 Å². The van der Waals surface area contributed by atoms with Crippen LogP contribution < -0.4 is 16.4 Å². The number of halogens is 1. The maximum absolute atomic E-state index is 13.5. The molecule has 3 N–H and O–H groups in total. The fourth-order valence-electron chi connectivity index (χ4n) is 3.18. The van der Waals surface area contributed by atoms with E-state index in [4.69, 9.17) is 9.68 Å². The molecule has 0 unspecified atom stereocenters. The number of benzene rings is 2. The Kier molecular flexibility index (Phi) is 10.1. The van der Waals surface area contributed by atoms with Crippen LogP contribution in [0.5, 0.6) is 0 Å². The molecule has 32 heavy (non-hydrogen) atoms. The average Bonchev–Trinajstić information content (AvgIpc) is 2.99. The smallest absolute Gasteiger partial charge is 0.408 e. The molecule has 1 saturated heterocycles. The van der Waals surface area contributed by atoms with Gasteiger partial charge in [-0.3, -0.25) is 9.78 Å². The molecule has 0 saturated carbocycles. The normalized spacial score (nSPS) is 15.2. The molecule has 1 amide bonds. The van der Waals surface area contributed by atoms with E-state index in [1.54, 1.807) is 37.3 Å². The van der Waals surface area contributed by atoms with Crippen molar-refractivity contribution in [2.24, 2.45) is 5.92 Å². The van der Waals surface area contributed by atoms with Gasteiger partial charge in [-0.2, -0.15) is 5.26 Å². The highest BCUT2D eigenvalue weighted by Crippen LogP contribution is 2.24. The van der Waals surface area contributed by atoms with Crippen molar-refractivity contribution in [3.05, 3.63) is 58.3 Å². The first-order valence-corrected chi connectivity index (χ1v) is 10.6. The van der Waals surface area contributed by atoms with Gasteiger partial charge >= 0.3 is 5.76 Å². The zero-order chi connectivity index (χ0) is 23.3. The van der Waals surface area contributed by atoms with Crippen LogP contribution in [0.4, 0.5) is 4.39 Å². The third kappa shape index (κ3) is 8.00. The number of H-pyrrole nitrogens is 1. The van der Waals surface area contributed by atoms with Crippen molar-refractivity contribution in [2.75, 3.05) is 19.6 Å². The molecular formula is C24H29FN4O3. The van der Waals surface area contributed by atoms with E-state index < -0.39 is 5.76 Å². The van der Waals surface area contributed by atoms with E-state index in [9.17, 15) is 14.0 Å². The van der Waals surface area contributed by atoms with Crippen LogP contribution in [0.2, 0.25) is 0 Å². The van der Waals surface area contributed by atoms with Crippen molar-refractivity contribution in [1.82, 2.24) is 15.6 Å². The molecular weight excluding hydrogens is 411 g/mol. The maximum atomic E-state index is 13.5. The molecule has 0 spiro atoms. The molecule has 4 rings (SSSR count). The Balaban J connectivity index is 0.000000215. The summed E-state index contributed by atoms with van der Waals surface area (Å²) in [7, 11) is 0. The molecule has 7 nitrogen and oxygen atoms in total. The first kappa shape index (κ1) is 24.8. The minimum Gasteiger partial charge on any atom is -0.408 e. The first-order chi connectivity index (χ1) is 15.4. The van der Waals surface area contributed by atoms with Crippen LogP contribution in [-0.2, 0) is 4.79 Å². The lowest BCUT2D eigenvalue weighted by Gasteiger charge is -2.03. The summed E-state index contributed by atoms with van der Waals surface area (Å²) < 4.78 is 18.4. The summed E-state index contributed by atoms with van der Waals surface area (Å²) in [6.45, 7) is 6.61. The molecule has 0 bridgehead atoms. The molecule has 0 aliphatic carbocycles. The number of aromatic amines is 1. The van der Waals surface area contributed by atoms with Gasteiger partial charge in [0.05, 0.1) is 11.6 Å². The number of amides is 1. The van der Waals surface area contributed by atoms with Gasteiger partial charge in [0, 0.05) is 0 Å². The Morgan fingerprint density at radius 1 is 1.25 bits per heavy atom. The van der Waals surface area contributed by atoms with Gasteiger partial charge in [-0.1, -0.05) is 31.5 Å². The second-order valence-corrected chi connectivity index (χ2v) is 7.65. The number of oxazole rings is 1. The summed E-state index contributed by atoms with van der Waals surface area (Å²) in [4.78, 5) is 22.9. The minimum atomic E-state index is -0.489. The van der Waals surface area contributed by atoms with E-state index in [-0.39, 0.29) is 12.4 Å². The molecule has 1 aromatic heterocycles. The van der Waals surface area contributed by atoms with Crippen LogP contribution in [0.1, 0.15) is 31.7 Å². The van der Waals surface area contributed by atoms with E-state index in [0.717, 1.165) is 17.0 Å². The van der Waals surface area contributed by atoms with Crippen molar-refractivity contribution in [3.63, 3.8) is 0 Å². The number of carbonyl (C=O) groups is 1. The molecule has 1 aliphatic heterocycles. The number of carbonyl (C=O) groups excluding carboxylic acids is 1. The molecule has 0 radical (unpaired) electrons. The first-order valence-electron chi connectivity index (χ1n) is 10.6. The van der Waals surface area contributed by atoms with Gasteiger partial charge in [-0.25, -0.2) is 9.18 Å². The molecule has 8 heteroatoms. The summed E-state index contributed by atoms with van der Waals surface area (Å²) in [6, 6.07) is 12.0. The van der Waals surface area contributed by atoms with Gasteiger partial charge in [0.2, 0.25) is 6.41 Å². The van der Waals surface area contributed by atoms with Crippen molar-refractivity contribution in [2.45, 2.75) is 33.1 Å². The van der Waals surface area contributed by atoms with Gasteiger partial charge in [0.15, 0.2) is 5.58 Å². The predicted molar refractivity (Wildman–Crippen MR) is 123 cm³/mol. The van der Waals surface area contributed by atoms with Gasteiger partial charge in [0.1, 0.15) is 12.4 Å². The van der Waals surface area contributed by atoms with E-state index in [0.29, 0.717) is 23.1 Å².